The van der Waals surface area contributed by atoms with Gasteiger partial charge in [0.1, 0.15) is 10.8 Å². The highest BCUT2D eigenvalue weighted by atomic mass is 32.1. The van der Waals surface area contributed by atoms with E-state index in [1.54, 1.807) is 13.8 Å². The Kier molecular flexibility index (Phi) is 6.08. The van der Waals surface area contributed by atoms with Gasteiger partial charge in [-0.05, 0) is 50.6 Å². The summed E-state index contributed by atoms with van der Waals surface area (Å²) in [6.07, 6.45) is 0. The van der Waals surface area contributed by atoms with Gasteiger partial charge in [-0.15, -0.1) is 11.3 Å². The summed E-state index contributed by atoms with van der Waals surface area (Å²) in [6, 6.07) is 5.28. The van der Waals surface area contributed by atoms with Crippen LogP contribution in [0.25, 0.3) is 0 Å². The lowest BCUT2D eigenvalue weighted by molar-refractivity contribution is -0.0498. The Balaban J connectivity index is 2.20. The smallest absolute Gasteiger partial charge is 0.387 e. The van der Waals surface area contributed by atoms with Crippen LogP contribution in [0, 0.1) is 13.8 Å². The highest BCUT2D eigenvalue weighted by molar-refractivity contribution is 7.16. The predicted molar refractivity (Wildman–Crippen MR) is 90.8 cm³/mol. The summed E-state index contributed by atoms with van der Waals surface area (Å²) in [5.74, 6) is -1.00. The Morgan fingerprint density at radius 1 is 1.20 bits per heavy atom. The predicted octanol–water partition coefficient (Wildman–Crippen LogP) is 4.40. The molecule has 0 unspecified atom stereocenters. The van der Waals surface area contributed by atoms with Crippen molar-refractivity contribution in [1.29, 1.82) is 0 Å². The largest absolute Gasteiger partial charge is 0.462 e. The van der Waals surface area contributed by atoms with Gasteiger partial charge in [-0.2, -0.15) is 8.78 Å². The highest BCUT2D eigenvalue weighted by Crippen LogP contribution is 2.33. The summed E-state index contributed by atoms with van der Waals surface area (Å²) in [7, 11) is 0. The molecule has 1 amide bonds. The summed E-state index contributed by atoms with van der Waals surface area (Å²) in [5, 5.41) is 3.07. The van der Waals surface area contributed by atoms with Crippen LogP contribution < -0.4 is 10.1 Å². The fraction of sp³-hybridized carbons (Fsp3) is 0.294. The number of hydrogen-bond donors (Lipinski definition) is 1. The molecular weight excluding hydrogens is 352 g/mol. The van der Waals surface area contributed by atoms with E-state index in [0.717, 1.165) is 10.4 Å². The lowest BCUT2D eigenvalue weighted by Crippen LogP contribution is -2.15. The van der Waals surface area contributed by atoms with Gasteiger partial charge in [0.25, 0.3) is 5.91 Å². The Morgan fingerprint density at radius 2 is 1.84 bits per heavy atom. The SMILES string of the molecule is CCOC(=O)c1c(NC(=O)c2ccc(OC(F)F)cc2)sc(C)c1C. The second kappa shape index (κ2) is 8.06. The molecule has 1 heterocycles. The van der Waals surface area contributed by atoms with Crippen LogP contribution in [0.3, 0.4) is 0 Å². The highest BCUT2D eigenvalue weighted by Gasteiger charge is 2.22. The molecule has 0 saturated carbocycles. The maximum absolute atomic E-state index is 12.4. The molecule has 5 nitrogen and oxygen atoms in total. The molecule has 25 heavy (non-hydrogen) atoms. The molecule has 134 valence electrons. The zero-order valence-corrected chi connectivity index (χ0v) is 14.7. The minimum atomic E-state index is -2.93. The Bertz CT molecular complexity index is 772. The van der Waals surface area contributed by atoms with Gasteiger partial charge in [-0.3, -0.25) is 4.79 Å². The van der Waals surface area contributed by atoms with Crippen molar-refractivity contribution in [1.82, 2.24) is 0 Å². The molecule has 2 rings (SSSR count). The van der Waals surface area contributed by atoms with Gasteiger partial charge < -0.3 is 14.8 Å². The fourth-order valence-corrected chi connectivity index (χ4v) is 3.17. The van der Waals surface area contributed by atoms with Gasteiger partial charge in [-0.1, -0.05) is 0 Å². The van der Waals surface area contributed by atoms with E-state index in [1.807, 2.05) is 6.92 Å². The first-order valence-electron chi connectivity index (χ1n) is 7.46. The maximum atomic E-state index is 12.4. The average Bonchev–Trinajstić information content (AvgIpc) is 2.82. The van der Waals surface area contributed by atoms with Crippen LogP contribution in [0.2, 0.25) is 0 Å². The summed E-state index contributed by atoms with van der Waals surface area (Å²) in [4.78, 5) is 25.4. The maximum Gasteiger partial charge on any atom is 0.387 e. The van der Waals surface area contributed by atoms with E-state index in [1.165, 1.54) is 35.6 Å². The molecule has 0 aliphatic rings. The molecule has 0 spiro atoms. The van der Waals surface area contributed by atoms with Crippen molar-refractivity contribution in [3.05, 3.63) is 45.8 Å². The normalized spacial score (nSPS) is 10.6. The van der Waals surface area contributed by atoms with Crippen LogP contribution >= 0.6 is 11.3 Å². The van der Waals surface area contributed by atoms with Crippen LogP contribution in [-0.4, -0.2) is 25.1 Å². The number of nitrogens with one attached hydrogen (secondary N) is 1. The second-order valence-corrected chi connectivity index (χ2v) is 6.29. The van der Waals surface area contributed by atoms with Crippen molar-refractivity contribution < 1.29 is 27.8 Å². The third kappa shape index (κ3) is 4.54. The number of rotatable bonds is 6. The third-order valence-electron chi connectivity index (χ3n) is 3.43. The number of benzene rings is 1. The van der Waals surface area contributed by atoms with Gasteiger partial charge >= 0.3 is 12.6 Å². The first-order valence-corrected chi connectivity index (χ1v) is 8.28. The quantitative estimate of drug-likeness (QED) is 0.767. The van der Waals surface area contributed by atoms with E-state index >= 15 is 0 Å². The molecule has 1 aromatic heterocycles. The number of thiophene rings is 1. The first kappa shape index (κ1) is 18.9. The standard InChI is InChI=1S/C17H17F2NO4S/c1-4-23-16(22)13-9(2)10(3)25-15(13)20-14(21)11-5-7-12(8-6-11)24-17(18)19/h5-8,17H,4H2,1-3H3,(H,20,21). The van der Waals surface area contributed by atoms with Gasteiger partial charge in [0.15, 0.2) is 0 Å². The fourth-order valence-electron chi connectivity index (χ4n) is 2.13. The van der Waals surface area contributed by atoms with Crippen LogP contribution in [0.15, 0.2) is 24.3 Å². The van der Waals surface area contributed by atoms with Crippen molar-refractivity contribution in [3.8, 4) is 5.75 Å². The van der Waals surface area contributed by atoms with E-state index in [0.29, 0.717) is 10.6 Å². The van der Waals surface area contributed by atoms with E-state index in [4.69, 9.17) is 4.74 Å². The Morgan fingerprint density at radius 3 is 2.40 bits per heavy atom. The minimum Gasteiger partial charge on any atom is -0.462 e. The van der Waals surface area contributed by atoms with Crippen LogP contribution in [-0.2, 0) is 4.74 Å². The molecule has 0 aliphatic heterocycles. The third-order valence-corrected chi connectivity index (χ3v) is 4.56. The zero-order valence-electron chi connectivity index (χ0n) is 13.9. The molecule has 0 bridgehead atoms. The van der Waals surface area contributed by atoms with Crippen molar-refractivity contribution in [2.24, 2.45) is 0 Å². The van der Waals surface area contributed by atoms with Crippen molar-refractivity contribution in [3.63, 3.8) is 0 Å². The van der Waals surface area contributed by atoms with Crippen LogP contribution in [0.1, 0.15) is 38.1 Å². The molecule has 1 N–H and O–H groups in total. The molecule has 0 fully saturated rings. The summed E-state index contributed by atoms with van der Waals surface area (Å²) in [6.45, 7) is 2.63. The molecule has 0 aliphatic carbocycles. The number of esters is 1. The molecule has 2 aromatic rings. The van der Waals surface area contributed by atoms with E-state index in [9.17, 15) is 18.4 Å². The van der Waals surface area contributed by atoms with Gasteiger partial charge in [0.2, 0.25) is 0 Å². The number of carbonyl (C=O) groups excluding carboxylic acids is 2. The molecule has 8 heteroatoms. The molecule has 0 saturated heterocycles. The minimum absolute atomic E-state index is 0.0402. The van der Waals surface area contributed by atoms with Crippen LogP contribution in [0.5, 0.6) is 5.75 Å². The summed E-state index contributed by atoms with van der Waals surface area (Å²) < 4.78 is 33.6. The van der Waals surface area contributed by atoms with Crippen molar-refractivity contribution in [2.75, 3.05) is 11.9 Å². The van der Waals surface area contributed by atoms with Crippen LogP contribution in [0.4, 0.5) is 13.8 Å². The topological polar surface area (TPSA) is 64.6 Å². The Hall–Kier alpha value is -2.48. The zero-order chi connectivity index (χ0) is 18.6. The second-order valence-electron chi connectivity index (χ2n) is 5.06. The lowest BCUT2D eigenvalue weighted by atomic mass is 10.1. The molecule has 0 atom stereocenters. The van der Waals surface area contributed by atoms with E-state index in [2.05, 4.69) is 10.1 Å². The average molecular weight is 369 g/mol. The Labute approximate surface area is 147 Å². The first-order chi connectivity index (χ1) is 11.8. The molecule has 1 aromatic carbocycles. The number of halogens is 2. The van der Waals surface area contributed by atoms with E-state index in [-0.39, 0.29) is 17.9 Å². The number of hydrogen-bond acceptors (Lipinski definition) is 5. The van der Waals surface area contributed by atoms with Crippen molar-refractivity contribution in [2.45, 2.75) is 27.4 Å². The number of alkyl halides is 2. The molecule has 0 radical (unpaired) electrons. The lowest BCUT2D eigenvalue weighted by Gasteiger charge is -2.08. The van der Waals surface area contributed by atoms with Gasteiger partial charge in [0, 0.05) is 10.4 Å². The van der Waals surface area contributed by atoms with Gasteiger partial charge in [0.05, 0.1) is 12.2 Å². The number of carbonyl (C=O) groups is 2. The summed E-state index contributed by atoms with van der Waals surface area (Å²) >= 11 is 1.27. The summed E-state index contributed by atoms with van der Waals surface area (Å²) in [5.41, 5.74) is 1.33. The number of ether oxygens (including phenoxy) is 2. The molecular formula is C17H17F2NO4S. The van der Waals surface area contributed by atoms with E-state index < -0.39 is 18.5 Å². The van der Waals surface area contributed by atoms with Gasteiger partial charge in [-0.25, -0.2) is 4.79 Å². The number of aryl methyl sites for hydroxylation is 1. The van der Waals surface area contributed by atoms with Crippen molar-refractivity contribution >= 4 is 28.2 Å². The number of anilines is 1. The number of amides is 1. The monoisotopic (exact) mass is 369 g/mol.